The molecule has 0 saturated carbocycles. The van der Waals surface area contributed by atoms with Crippen molar-refractivity contribution in [3.05, 3.63) is 59.7 Å². The Hall–Kier alpha value is -2.35. The largest absolute Gasteiger partial charge is 0.478 e. The second-order valence-electron chi connectivity index (χ2n) is 13.4. The van der Waals surface area contributed by atoms with Crippen LogP contribution in [-0.2, 0) is 0 Å². The third-order valence-electron chi connectivity index (χ3n) is 8.76. The molecule has 268 valence electrons. The molecule has 0 atom stereocenters. The van der Waals surface area contributed by atoms with Gasteiger partial charge in [0.2, 0.25) is 0 Å². The van der Waals surface area contributed by atoms with Crippen LogP contribution >= 0.6 is 11.8 Å². The highest BCUT2D eigenvalue weighted by Crippen LogP contribution is 2.32. The summed E-state index contributed by atoms with van der Waals surface area (Å²) in [5.74, 6) is -2.06. The van der Waals surface area contributed by atoms with E-state index >= 15 is 0 Å². The topological polar surface area (TPSA) is 74.6 Å². The quantitative estimate of drug-likeness (QED) is 0.122. The molecule has 0 aliphatic carbocycles. The van der Waals surface area contributed by atoms with Gasteiger partial charge in [-0.15, -0.1) is 0 Å². The van der Waals surface area contributed by atoms with Crippen molar-refractivity contribution < 1.29 is 28.8 Å². The fourth-order valence-electron chi connectivity index (χ4n) is 5.49. The van der Waals surface area contributed by atoms with E-state index in [4.69, 9.17) is 10.2 Å². The molecular weight excluding hydrogens is 605 g/mol. The monoisotopic (exact) mass is 675 g/mol. The van der Waals surface area contributed by atoms with Crippen LogP contribution in [0.25, 0.3) is 0 Å². The summed E-state index contributed by atoms with van der Waals surface area (Å²) in [5, 5.41) is 18.2. The number of hydrogen-bond donors (Lipinski definition) is 2. The summed E-state index contributed by atoms with van der Waals surface area (Å²) in [5.41, 5.74) is 0.320. The summed E-state index contributed by atoms with van der Waals surface area (Å²) >= 11 is 1.14. The molecule has 0 aliphatic rings. The van der Waals surface area contributed by atoms with Crippen molar-refractivity contribution in [2.24, 2.45) is 0 Å². The second-order valence-corrected chi connectivity index (χ2v) is 14.5. The zero-order chi connectivity index (χ0) is 35.6. The molecule has 0 bridgehead atoms. The Morgan fingerprint density at radius 1 is 0.489 bits per heavy atom. The third kappa shape index (κ3) is 19.9. The molecule has 0 aromatic heterocycles. The van der Waals surface area contributed by atoms with E-state index in [-0.39, 0.29) is 11.1 Å². The molecule has 0 aliphatic heterocycles. The maximum absolute atomic E-state index is 11.1. The molecular formula is C40H70N2O4S+2. The van der Waals surface area contributed by atoms with Crippen molar-refractivity contribution >= 4 is 23.7 Å². The van der Waals surface area contributed by atoms with Gasteiger partial charge in [-0.1, -0.05) is 116 Å². The molecule has 47 heavy (non-hydrogen) atoms. The molecule has 0 fully saturated rings. The van der Waals surface area contributed by atoms with Crippen molar-refractivity contribution in [2.45, 2.75) is 128 Å². The number of carboxylic acids is 2. The van der Waals surface area contributed by atoms with Crippen LogP contribution in [0.2, 0.25) is 0 Å². The van der Waals surface area contributed by atoms with Gasteiger partial charge in [0.25, 0.3) is 0 Å². The van der Waals surface area contributed by atoms with E-state index in [1.807, 2.05) is 0 Å². The first-order valence-electron chi connectivity index (χ1n) is 18.5. The van der Waals surface area contributed by atoms with E-state index in [9.17, 15) is 9.59 Å². The first-order valence-corrected chi connectivity index (χ1v) is 19.3. The lowest BCUT2D eigenvalue weighted by atomic mass is 10.2. The van der Waals surface area contributed by atoms with Crippen molar-refractivity contribution in [3.8, 4) is 0 Å². The van der Waals surface area contributed by atoms with Crippen molar-refractivity contribution in [1.29, 1.82) is 0 Å². The zero-order valence-corrected chi connectivity index (χ0v) is 32.2. The van der Waals surface area contributed by atoms with Gasteiger partial charge in [0, 0.05) is 9.79 Å². The SMILES string of the molecule is CCCC[N+](C)(CCCC)CCCC.CCCC[N+](C)(CCCC)CCCC.O=C(O)c1ccccc1Sc1ccccc1C(=O)O. The number of benzene rings is 2. The number of unbranched alkanes of at least 4 members (excludes halogenated alkanes) is 6. The number of carbonyl (C=O) groups is 2. The zero-order valence-electron chi connectivity index (χ0n) is 31.4. The number of quaternary nitrogens is 2. The average Bonchev–Trinajstić information content (AvgIpc) is 3.07. The Kier molecular flexibility index (Phi) is 25.3. The average molecular weight is 675 g/mol. The molecule has 0 heterocycles. The standard InChI is InChI=1S/C14H10O4S.2C13H30N/c15-13(16)9-5-1-3-7-11(9)19-12-8-4-2-6-10(12)14(17)18;2*1-5-8-11-14(4,12-9-6-2)13-10-7-3/h1-8H,(H,15,16)(H,17,18);2*5-13H2,1-4H3/q;2*+1. The Balaban J connectivity index is 0.000000691. The Bertz CT molecular complexity index is 978. The first kappa shape index (κ1) is 44.6. The normalized spacial score (nSPS) is 11.2. The lowest BCUT2D eigenvalue weighted by Gasteiger charge is -2.34. The van der Waals surface area contributed by atoms with E-state index in [0.29, 0.717) is 9.79 Å². The highest BCUT2D eigenvalue weighted by Gasteiger charge is 2.20. The van der Waals surface area contributed by atoms with Gasteiger partial charge in [-0.3, -0.25) is 0 Å². The van der Waals surface area contributed by atoms with Crippen LogP contribution in [0.15, 0.2) is 58.3 Å². The Morgan fingerprint density at radius 3 is 0.936 bits per heavy atom. The lowest BCUT2D eigenvalue weighted by Crippen LogP contribution is -2.46. The predicted molar refractivity (Wildman–Crippen MR) is 202 cm³/mol. The number of rotatable bonds is 22. The smallest absolute Gasteiger partial charge is 0.336 e. The fourth-order valence-corrected chi connectivity index (χ4v) is 6.55. The maximum atomic E-state index is 11.1. The Labute approximate surface area is 293 Å². The molecule has 7 heteroatoms. The summed E-state index contributed by atoms with van der Waals surface area (Å²) in [4.78, 5) is 23.2. The third-order valence-corrected chi connectivity index (χ3v) is 9.92. The summed E-state index contributed by atoms with van der Waals surface area (Å²) in [6.45, 7) is 22.1. The molecule has 2 N–H and O–H groups in total. The molecule has 0 unspecified atom stereocenters. The van der Waals surface area contributed by atoms with Gasteiger partial charge in [0.15, 0.2) is 0 Å². The van der Waals surface area contributed by atoms with Gasteiger partial charge in [0.05, 0.1) is 64.5 Å². The molecule has 0 radical (unpaired) electrons. The van der Waals surface area contributed by atoms with Gasteiger partial charge in [-0.05, 0) is 62.8 Å². The molecule has 0 spiro atoms. The molecule has 0 saturated heterocycles. The number of aromatic carboxylic acids is 2. The summed E-state index contributed by atoms with van der Waals surface area (Å²) in [7, 11) is 4.89. The van der Waals surface area contributed by atoms with E-state index in [0.717, 1.165) is 11.8 Å². The van der Waals surface area contributed by atoms with Gasteiger partial charge < -0.3 is 19.2 Å². The highest BCUT2D eigenvalue weighted by molar-refractivity contribution is 7.99. The predicted octanol–water partition coefficient (Wildman–Crippen LogP) is 10.9. The summed E-state index contributed by atoms with van der Waals surface area (Å²) < 4.78 is 2.63. The minimum atomic E-state index is -1.03. The number of nitrogens with zero attached hydrogens (tertiary/aromatic N) is 2. The van der Waals surface area contributed by atoms with Crippen molar-refractivity contribution in [2.75, 3.05) is 53.4 Å². The highest BCUT2D eigenvalue weighted by atomic mass is 32.2. The van der Waals surface area contributed by atoms with Crippen LogP contribution in [0, 0.1) is 0 Å². The van der Waals surface area contributed by atoms with Gasteiger partial charge >= 0.3 is 11.9 Å². The first-order chi connectivity index (χ1) is 22.5. The van der Waals surface area contributed by atoms with Crippen LogP contribution in [0.5, 0.6) is 0 Å². The van der Waals surface area contributed by atoms with E-state index in [1.165, 1.54) is 137 Å². The van der Waals surface area contributed by atoms with Crippen LogP contribution < -0.4 is 0 Å². The minimum Gasteiger partial charge on any atom is -0.478 e. The number of carboxylic acid groups (broad SMARTS) is 2. The van der Waals surface area contributed by atoms with Gasteiger partial charge in [-0.2, -0.15) is 0 Å². The van der Waals surface area contributed by atoms with E-state index in [2.05, 4.69) is 55.6 Å². The van der Waals surface area contributed by atoms with Crippen LogP contribution in [0.1, 0.15) is 139 Å². The molecule has 0 amide bonds. The van der Waals surface area contributed by atoms with Crippen molar-refractivity contribution in [1.82, 2.24) is 0 Å². The molecule has 2 aromatic carbocycles. The fraction of sp³-hybridized carbons (Fsp3) is 0.650. The number of hydrogen-bond acceptors (Lipinski definition) is 3. The summed E-state index contributed by atoms with van der Waals surface area (Å²) in [6, 6.07) is 13.0. The molecule has 6 nitrogen and oxygen atoms in total. The van der Waals surface area contributed by atoms with Gasteiger partial charge in [-0.25, -0.2) is 9.59 Å². The molecule has 2 rings (SSSR count). The van der Waals surface area contributed by atoms with Crippen LogP contribution in [0.4, 0.5) is 0 Å². The van der Waals surface area contributed by atoms with E-state index < -0.39 is 11.9 Å². The minimum absolute atomic E-state index is 0.160. The molecule has 2 aromatic rings. The lowest BCUT2D eigenvalue weighted by molar-refractivity contribution is -0.910. The van der Waals surface area contributed by atoms with Crippen molar-refractivity contribution in [3.63, 3.8) is 0 Å². The Morgan fingerprint density at radius 2 is 0.723 bits per heavy atom. The summed E-state index contributed by atoms with van der Waals surface area (Å²) in [6.07, 6.45) is 16.4. The maximum Gasteiger partial charge on any atom is 0.336 e. The van der Waals surface area contributed by atoms with Crippen LogP contribution in [-0.4, -0.2) is 84.5 Å². The van der Waals surface area contributed by atoms with E-state index in [1.54, 1.807) is 36.4 Å². The van der Waals surface area contributed by atoms with Gasteiger partial charge in [0.1, 0.15) is 0 Å². The second kappa shape index (κ2) is 26.6. The van der Waals surface area contributed by atoms with Crippen LogP contribution in [0.3, 0.4) is 0 Å².